The first-order valence-electron chi connectivity index (χ1n) is 29.7. The van der Waals surface area contributed by atoms with Crippen molar-refractivity contribution in [1.82, 2.24) is 53.2 Å². The second-order valence-electron chi connectivity index (χ2n) is 22.7. The molecule has 0 radical (unpaired) electrons. The number of rotatable bonds is 30. The third kappa shape index (κ3) is 18.7. The van der Waals surface area contributed by atoms with Gasteiger partial charge in [-0.15, -0.1) is 0 Å². The van der Waals surface area contributed by atoms with Gasteiger partial charge in [-0.1, -0.05) is 79.9 Å². The molecule has 494 valence electrons. The van der Waals surface area contributed by atoms with E-state index in [9.17, 15) is 57.8 Å². The summed E-state index contributed by atoms with van der Waals surface area (Å²) in [6.45, 7) is 8.84. The topological polar surface area (TPSA) is 479 Å². The van der Waals surface area contributed by atoms with Crippen LogP contribution in [0.2, 0.25) is 0 Å². The molecule has 9 atom stereocenters. The number of nitrogens with zero attached hydrogens (tertiary/aromatic N) is 1. The van der Waals surface area contributed by atoms with E-state index >= 15 is 0 Å². The van der Waals surface area contributed by atoms with Crippen LogP contribution in [0.4, 0.5) is 15.3 Å². The highest BCUT2D eigenvalue weighted by Crippen LogP contribution is 2.52. The van der Waals surface area contributed by atoms with Crippen LogP contribution in [0, 0.1) is 11.8 Å². The van der Waals surface area contributed by atoms with Crippen molar-refractivity contribution >= 4 is 82.6 Å². The Morgan fingerprint density at radius 3 is 2.12 bits per heavy atom. The van der Waals surface area contributed by atoms with E-state index in [1.807, 2.05) is 0 Å². The first-order chi connectivity index (χ1) is 43.9. The fourth-order valence-corrected chi connectivity index (χ4v) is 10.6. The van der Waals surface area contributed by atoms with Crippen molar-refractivity contribution in [2.75, 3.05) is 64.5 Å². The number of carboxylic acids is 1. The second kappa shape index (κ2) is 31.5. The third-order valence-electron chi connectivity index (χ3n) is 15.9. The van der Waals surface area contributed by atoms with Crippen LogP contribution in [0.15, 0.2) is 103 Å². The number of anilines is 1. The SMILES string of the molecule is C=C(COCCOCC(=O)N[C@@H](C)C(=O)NC1(C(=O)Nc2ccc(COC(=O)NCCO)cc2)CC1CCNC(N)=O)NCc1ccc(C2C[C@]23NC(=O)[C@@H](C(=C)c2ccccc2)NC(=O)C2(C[C@H]2C(=O)O)NC(=O)CNC(=O)[C@H](CCCN=C(N)N)NC3=O)cc1. The van der Waals surface area contributed by atoms with Crippen molar-refractivity contribution in [3.8, 4) is 0 Å². The number of aliphatic hydroxyl groups excluding tert-OH is 1. The molecule has 7 rings (SSSR count). The van der Waals surface area contributed by atoms with Gasteiger partial charge in [-0.3, -0.25) is 48.1 Å². The molecule has 4 fully saturated rings. The molecule has 19 N–H and O–H groups in total. The Kier molecular flexibility index (Phi) is 23.8. The lowest BCUT2D eigenvalue weighted by atomic mass is 9.97. The molecule has 2 spiro atoms. The van der Waals surface area contributed by atoms with Crippen LogP contribution >= 0.6 is 0 Å². The molecule has 92 heavy (non-hydrogen) atoms. The monoisotopic (exact) mass is 1280 g/mol. The summed E-state index contributed by atoms with van der Waals surface area (Å²) in [6, 6.07) is 17.3. The molecule has 1 heterocycles. The van der Waals surface area contributed by atoms with Crippen LogP contribution in [0.25, 0.3) is 5.57 Å². The van der Waals surface area contributed by atoms with Crippen LogP contribution < -0.4 is 75.7 Å². The maximum Gasteiger partial charge on any atom is 0.407 e. The van der Waals surface area contributed by atoms with Crippen molar-refractivity contribution in [1.29, 1.82) is 0 Å². The zero-order valence-corrected chi connectivity index (χ0v) is 50.7. The van der Waals surface area contributed by atoms with E-state index in [1.165, 1.54) is 6.92 Å². The number of guanidine groups is 1. The molecule has 1 aliphatic heterocycles. The number of alkyl carbamates (subject to hydrolysis) is 1. The van der Waals surface area contributed by atoms with Crippen LogP contribution in [-0.2, 0) is 70.5 Å². The lowest BCUT2D eigenvalue weighted by molar-refractivity contribution is -0.141. The number of amides is 11. The molecular weight excluding hydrogens is 1200 g/mol. The van der Waals surface area contributed by atoms with E-state index in [1.54, 1.807) is 78.9 Å². The average Bonchev–Trinajstić information content (AvgIpc) is 1.58. The van der Waals surface area contributed by atoms with Crippen LogP contribution in [0.1, 0.15) is 73.6 Å². The van der Waals surface area contributed by atoms with Gasteiger partial charge in [0.1, 0.15) is 48.0 Å². The van der Waals surface area contributed by atoms with E-state index in [4.69, 9.17) is 36.5 Å². The summed E-state index contributed by atoms with van der Waals surface area (Å²) >= 11 is 0. The van der Waals surface area contributed by atoms with Crippen molar-refractivity contribution < 1.29 is 77.2 Å². The minimum Gasteiger partial charge on any atom is -0.481 e. The first-order valence-corrected chi connectivity index (χ1v) is 29.7. The highest BCUT2D eigenvalue weighted by molar-refractivity contribution is 6.08. The number of carbonyl (C=O) groups is 11. The molecule has 0 bridgehead atoms. The maximum atomic E-state index is 14.7. The Labute approximate surface area is 529 Å². The van der Waals surface area contributed by atoms with Crippen molar-refractivity contribution in [2.24, 2.45) is 34.0 Å². The first kappa shape index (κ1) is 69.3. The Morgan fingerprint density at radius 2 is 1.46 bits per heavy atom. The van der Waals surface area contributed by atoms with Gasteiger partial charge in [0, 0.05) is 43.5 Å². The molecule has 3 saturated carbocycles. The maximum absolute atomic E-state index is 14.7. The molecule has 31 heteroatoms. The van der Waals surface area contributed by atoms with Crippen molar-refractivity contribution in [2.45, 2.75) is 99.3 Å². The Bertz CT molecular complexity index is 3290. The van der Waals surface area contributed by atoms with Crippen molar-refractivity contribution in [3.05, 3.63) is 120 Å². The Morgan fingerprint density at radius 1 is 0.772 bits per heavy atom. The lowest BCUT2D eigenvalue weighted by Crippen LogP contribution is -2.60. The second-order valence-corrected chi connectivity index (χ2v) is 22.7. The highest BCUT2D eigenvalue weighted by atomic mass is 16.5. The van der Waals surface area contributed by atoms with Gasteiger partial charge in [0.25, 0.3) is 0 Å². The zero-order chi connectivity index (χ0) is 66.8. The van der Waals surface area contributed by atoms with Gasteiger partial charge in [-0.05, 0) is 91.3 Å². The number of nitrogens with two attached hydrogens (primary N) is 3. The number of carbonyl (C=O) groups excluding carboxylic acids is 10. The Hall–Kier alpha value is -10.1. The minimum absolute atomic E-state index is 0.00110. The summed E-state index contributed by atoms with van der Waals surface area (Å²) in [4.78, 5) is 150. The molecule has 3 aromatic carbocycles. The number of nitrogens with one attached hydrogen (secondary N) is 11. The van der Waals surface area contributed by atoms with Gasteiger partial charge < -0.3 is 100 Å². The number of hydrogen-bond donors (Lipinski definition) is 16. The minimum atomic E-state index is -1.98. The van der Waals surface area contributed by atoms with Gasteiger partial charge >= 0.3 is 18.1 Å². The number of aliphatic carboxylic acids is 1. The predicted molar refractivity (Wildman–Crippen MR) is 330 cm³/mol. The van der Waals surface area contributed by atoms with Gasteiger partial charge in [0.05, 0.1) is 38.9 Å². The summed E-state index contributed by atoms with van der Waals surface area (Å²) in [6.07, 6.45) is -0.228. The highest BCUT2D eigenvalue weighted by Gasteiger charge is 2.67. The van der Waals surface area contributed by atoms with Crippen LogP contribution in [-0.4, -0.2) is 175 Å². The molecular formula is C61H79N15O16. The fraction of sp³-hybridized carbons (Fsp3) is 0.443. The van der Waals surface area contributed by atoms with Gasteiger partial charge in [0.15, 0.2) is 5.96 Å². The van der Waals surface area contributed by atoms with Crippen LogP contribution in [0.3, 0.4) is 0 Å². The number of hydrogen-bond acceptors (Lipinski definition) is 17. The molecule has 4 unspecified atom stereocenters. The Balaban J connectivity index is 0.899. The summed E-state index contributed by atoms with van der Waals surface area (Å²) in [5, 5.41) is 48.2. The standard InChI is InChI=1S/C61H79N15O16/c1-34(31-90-24-25-91-33-47(79)70-36(3)49(80)75-59(26-41(59)19-21-66-57(64)88)53(85)71-42-17-13-38(14-18-42)32-92-58(89)67-22-23-77)68-29-37-11-15-40(16-12-37)43-27-60(43)54(86)72-45(10-7-20-65-56(62)63)50(81)69-30-46(78)74-61(28-44(61)52(83)84)55(87)73-48(51(82)76-60)35(2)39-8-5-4-6-9-39/h4-6,8-9,11-18,36,41,43-45,48,68,77H,1-2,7,10,19-33H2,3H3,(H,67,89)(H,69,81)(H,70,79)(H,71,85)(H,72,86)(H,73,87)(H,74,78)(H,75,80)(H,76,82)(H,83,84)(H4,62,63,65)(H3,64,66,88)/t36-,41?,43?,44-,45-,48+,59?,60-,61?/m0/s1. The normalized spacial score (nSPS) is 23.5. The molecule has 1 saturated heterocycles. The molecule has 31 nitrogen and oxygen atoms in total. The number of aliphatic hydroxyl groups is 1. The number of aliphatic imine (C=N–C) groups is 1. The van der Waals surface area contributed by atoms with Crippen LogP contribution in [0.5, 0.6) is 0 Å². The van der Waals surface area contributed by atoms with E-state index in [-0.39, 0.29) is 102 Å². The van der Waals surface area contributed by atoms with Gasteiger partial charge in [-0.2, -0.15) is 0 Å². The van der Waals surface area contributed by atoms with E-state index in [0.717, 1.165) is 5.56 Å². The van der Waals surface area contributed by atoms with E-state index in [0.29, 0.717) is 41.0 Å². The zero-order valence-electron chi connectivity index (χ0n) is 50.7. The smallest absolute Gasteiger partial charge is 0.407 e. The number of carboxylic acid groups (broad SMARTS) is 1. The molecule has 4 aliphatic rings. The van der Waals surface area contributed by atoms with E-state index < -0.39 is 125 Å². The lowest BCUT2D eigenvalue weighted by Gasteiger charge is -2.28. The fourth-order valence-electron chi connectivity index (χ4n) is 10.6. The van der Waals surface area contributed by atoms with Gasteiger partial charge in [-0.25, -0.2) is 9.59 Å². The molecule has 0 aromatic heterocycles. The number of urea groups is 1. The largest absolute Gasteiger partial charge is 0.481 e. The molecule has 3 aliphatic carbocycles. The number of benzene rings is 3. The average molecular weight is 1280 g/mol. The summed E-state index contributed by atoms with van der Waals surface area (Å²) in [5.74, 6) is -10.1. The van der Waals surface area contributed by atoms with Crippen molar-refractivity contribution in [3.63, 3.8) is 0 Å². The van der Waals surface area contributed by atoms with E-state index in [2.05, 4.69) is 76.6 Å². The third-order valence-corrected chi connectivity index (χ3v) is 15.9. The van der Waals surface area contributed by atoms with Gasteiger partial charge in [0.2, 0.25) is 47.3 Å². The molecule has 11 amide bonds. The summed E-state index contributed by atoms with van der Waals surface area (Å²) < 4.78 is 16.3. The number of ether oxygens (including phenoxy) is 3. The summed E-state index contributed by atoms with van der Waals surface area (Å²) in [5.41, 5.74) is 14.6. The predicted octanol–water partition coefficient (Wildman–Crippen LogP) is -2.21. The quantitative estimate of drug-likeness (QED) is 0.0191. The number of primary amides is 1. The summed E-state index contributed by atoms with van der Waals surface area (Å²) in [7, 11) is 0. The molecule has 3 aromatic rings.